The molecule has 2 saturated heterocycles. The maximum absolute atomic E-state index is 3.52. The fourth-order valence-electron chi connectivity index (χ4n) is 2.42. The fraction of sp³-hybridized carbons (Fsp3) is 1.00. The van der Waals surface area contributed by atoms with Crippen LogP contribution >= 0.6 is 0 Å². The second-order valence-electron chi connectivity index (χ2n) is 4.20. The largest absolute Gasteiger partial charge is 0.316 e. The van der Waals surface area contributed by atoms with E-state index in [1.807, 2.05) is 0 Å². The van der Waals surface area contributed by atoms with Gasteiger partial charge in [0.2, 0.25) is 0 Å². The van der Waals surface area contributed by atoms with Gasteiger partial charge < -0.3 is 5.32 Å². The summed E-state index contributed by atoms with van der Waals surface area (Å²) < 4.78 is 0. The SMILES string of the molecule is CC1CNCC2CC(C1)C2. The van der Waals surface area contributed by atoms with Gasteiger partial charge in [-0.05, 0) is 50.1 Å². The summed E-state index contributed by atoms with van der Waals surface area (Å²) in [5.41, 5.74) is 0. The highest BCUT2D eigenvalue weighted by molar-refractivity contribution is 4.84. The molecular weight excluding hydrogens is 122 g/mol. The summed E-state index contributed by atoms with van der Waals surface area (Å²) in [4.78, 5) is 0. The van der Waals surface area contributed by atoms with Crippen LogP contribution in [0.1, 0.15) is 26.2 Å². The quantitative estimate of drug-likeness (QED) is 0.538. The molecule has 3 aliphatic rings. The third kappa shape index (κ3) is 1.20. The van der Waals surface area contributed by atoms with Crippen molar-refractivity contribution in [2.75, 3.05) is 13.1 Å². The lowest BCUT2D eigenvalue weighted by Gasteiger charge is -2.39. The zero-order valence-corrected chi connectivity index (χ0v) is 6.77. The van der Waals surface area contributed by atoms with Gasteiger partial charge in [0.25, 0.3) is 0 Å². The van der Waals surface area contributed by atoms with Crippen molar-refractivity contribution in [1.82, 2.24) is 5.32 Å². The molecule has 2 bridgehead atoms. The first kappa shape index (κ1) is 6.66. The van der Waals surface area contributed by atoms with Crippen molar-refractivity contribution in [2.24, 2.45) is 17.8 Å². The molecule has 1 aliphatic carbocycles. The van der Waals surface area contributed by atoms with Crippen molar-refractivity contribution in [1.29, 1.82) is 0 Å². The van der Waals surface area contributed by atoms with E-state index in [0.29, 0.717) is 0 Å². The van der Waals surface area contributed by atoms with Gasteiger partial charge in [0.05, 0.1) is 0 Å². The van der Waals surface area contributed by atoms with E-state index in [1.54, 1.807) is 0 Å². The molecule has 10 heavy (non-hydrogen) atoms. The molecule has 0 spiro atoms. The standard InChI is InChI=1S/C9H17N/c1-7-2-8-3-9(4-8)6-10-5-7/h7-10H,2-6H2,1H3. The molecule has 1 heteroatoms. The second-order valence-corrected chi connectivity index (χ2v) is 4.20. The molecule has 1 nitrogen and oxygen atoms in total. The van der Waals surface area contributed by atoms with Crippen LogP contribution in [0.15, 0.2) is 0 Å². The lowest BCUT2D eigenvalue weighted by Crippen LogP contribution is -2.39. The molecule has 0 aromatic rings. The molecule has 3 rings (SSSR count). The van der Waals surface area contributed by atoms with Gasteiger partial charge in [-0.3, -0.25) is 0 Å². The molecule has 0 aromatic heterocycles. The van der Waals surface area contributed by atoms with E-state index in [9.17, 15) is 0 Å². The van der Waals surface area contributed by atoms with Crippen molar-refractivity contribution < 1.29 is 0 Å². The van der Waals surface area contributed by atoms with E-state index in [1.165, 1.54) is 32.4 Å². The van der Waals surface area contributed by atoms with Crippen LogP contribution in [0.5, 0.6) is 0 Å². The molecule has 1 saturated carbocycles. The molecule has 2 aliphatic heterocycles. The van der Waals surface area contributed by atoms with Gasteiger partial charge in [-0.25, -0.2) is 0 Å². The van der Waals surface area contributed by atoms with Gasteiger partial charge in [-0.2, -0.15) is 0 Å². The average Bonchev–Trinajstić information content (AvgIpc) is 1.73. The van der Waals surface area contributed by atoms with Gasteiger partial charge in [0.1, 0.15) is 0 Å². The zero-order chi connectivity index (χ0) is 6.97. The van der Waals surface area contributed by atoms with Crippen molar-refractivity contribution in [3.8, 4) is 0 Å². The summed E-state index contributed by atoms with van der Waals surface area (Å²) in [5.74, 6) is 3.06. The molecule has 3 fully saturated rings. The highest BCUT2D eigenvalue weighted by Crippen LogP contribution is 2.38. The summed E-state index contributed by atoms with van der Waals surface area (Å²) in [7, 11) is 0. The monoisotopic (exact) mass is 139 g/mol. The van der Waals surface area contributed by atoms with Crippen LogP contribution < -0.4 is 5.32 Å². The number of rotatable bonds is 0. The van der Waals surface area contributed by atoms with Crippen LogP contribution in [0.2, 0.25) is 0 Å². The van der Waals surface area contributed by atoms with Gasteiger partial charge in [0, 0.05) is 0 Å². The Labute approximate surface area is 63.2 Å². The van der Waals surface area contributed by atoms with Crippen molar-refractivity contribution in [3.63, 3.8) is 0 Å². The minimum Gasteiger partial charge on any atom is -0.316 e. The predicted molar refractivity (Wildman–Crippen MR) is 42.9 cm³/mol. The lowest BCUT2D eigenvalue weighted by molar-refractivity contribution is 0.135. The van der Waals surface area contributed by atoms with E-state index in [2.05, 4.69) is 12.2 Å². The molecule has 1 atom stereocenters. The Morgan fingerprint density at radius 2 is 1.80 bits per heavy atom. The van der Waals surface area contributed by atoms with Gasteiger partial charge in [0.15, 0.2) is 0 Å². The summed E-state index contributed by atoms with van der Waals surface area (Å²) in [6.07, 6.45) is 4.50. The van der Waals surface area contributed by atoms with E-state index in [-0.39, 0.29) is 0 Å². The Morgan fingerprint density at radius 1 is 1.00 bits per heavy atom. The minimum absolute atomic E-state index is 0.922. The Balaban J connectivity index is 1.88. The van der Waals surface area contributed by atoms with Crippen LogP contribution in [-0.2, 0) is 0 Å². The molecule has 1 unspecified atom stereocenters. The Bertz CT molecular complexity index is 110. The topological polar surface area (TPSA) is 12.0 Å². The minimum atomic E-state index is 0.922. The highest BCUT2D eigenvalue weighted by atomic mass is 14.9. The Hall–Kier alpha value is -0.0400. The first-order valence-electron chi connectivity index (χ1n) is 4.55. The smallest absolute Gasteiger partial charge is 0.00202 e. The van der Waals surface area contributed by atoms with Gasteiger partial charge in [-0.15, -0.1) is 0 Å². The lowest BCUT2D eigenvalue weighted by atomic mass is 9.70. The van der Waals surface area contributed by atoms with Crippen LogP contribution in [-0.4, -0.2) is 13.1 Å². The maximum atomic E-state index is 3.52. The Kier molecular flexibility index (Phi) is 1.69. The van der Waals surface area contributed by atoms with Gasteiger partial charge in [-0.1, -0.05) is 6.92 Å². The van der Waals surface area contributed by atoms with E-state index < -0.39 is 0 Å². The summed E-state index contributed by atoms with van der Waals surface area (Å²) in [5, 5.41) is 3.52. The average molecular weight is 139 g/mol. The second kappa shape index (κ2) is 2.54. The summed E-state index contributed by atoms with van der Waals surface area (Å²) >= 11 is 0. The van der Waals surface area contributed by atoms with Crippen LogP contribution in [0.25, 0.3) is 0 Å². The first-order chi connectivity index (χ1) is 4.84. The highest BCUT2D eigenvalue weighted by Gasteiger charge is 2.31. The number of hydrogen-bond acceptors (Lipinski definition) is 1. The van der Waals surface area contributed by atoms with E-state index in [4.69, 9.17) is 0 Å². The molecule has 0 amide bonds. The third-order valence-corrected chi connectivity index (χ3v) is 2.99. The first-order valence-corrected chi connectivity index (χ1v) is 4.55. The molecule has 2 heterocycles. The normalized spacial score (nSPS) is 47.1. The fourth-order valence-corrected chi connectivity index (χ4v) is 2.42. The van der Waals surface area contributed by atoms with Crippen molar-refractivity contribution in [2.45, 2.75) is 26.2 Å². The van der Waals surface area contributed by atoms with Crippen LogP contribution in [0.3, 0.4) is 0 Å². The molecule has 1 N–H and O–H groups in total. The van der Waals surface area contributed by atoms with Crippen LogP contribution in [0.4, 0.5) is 0 Å². The number of fused-ring (bicyclic) bond motifs is 4. The van der Waals surface area contributed by atoms with Crippen LogP contribution in [0, 0.1) is 17.8 Å². The van der Waals surface area contributed by atoms with E-state index >= 15 is 0 Å². The van der Waals surface area contributed by atoms with Crippen molar-refractivity contribution in [3.05, 3.63) is 0 Å². The summed E-state index contributed by atoms with van der Waals surface area (Å²) in [6.45, 7) is 4.92. The Morgan fingerprint density at radius 3 is 2.60 bits per heavy atom. The maximum Gasteiger partial charge on any atom is -0.00202 e. The number of nitrogens with one attached hydrogen (secondary N) is 1. The van der Waals surface area contributed by atoms with Crippen molar-refractivity contribution >= 4 is 0 Å². The molecule has 0 aromatic carbocycles. The zero-order valence-electron chi connectivity index (χ0n) is 6.77. The summed E-state index contributed by atoms with van der Waals surface area (Å²) in [6, 6.07) is 0. The van der Waals surface area contributed by atoms with E-state index in [0.717, 1.165) is 17.8 Å². The molecule has 58 valence electrons. The third-order valence-electron chi connectivity index (χ3n) is 2.99. The van der Waals surface area contributed by atoms with Gasteiger partial charge >= 0.3 is 0 Å². The predicted octanol–water partition coefficient (Wildman–Crippen LogP) is 1.64. The molecule has 0 radical (unpaired) electrons. The molecular formula is C9H17N. The number of hydrogen-bond donors (Lipinski definition) is 1.